The van der Waals surface area contributed by atoms with Gasteiger partial charge < -0.3 is 14.6 Å². The lowest BCUT2D eigenvalue weighted by molar-refractivity contribution is -0.161. The Morgan fingerprint density at radius 2 is 0.769 bits per heavy atom. The number of aliphatic hydroxyl groups excluding tert-OH is 1. The van der Waals surface area contributed by atoms with Crippen molar-refractivity contribution in [2.75, 3.05) is 13.2 Å². The first kappa shape index (κ1) is 50.1. The predicted octanol–water partition coefficient (Wildman–Crippen LogP) is 14.4. The average Bonchev–Trinajstić information content (AvgIpc) is 3.15. The van der Waals surface area contributed by atoms with Gasteiger partial charge in [-0.1, -0.05) is 204 Å². The lowest BCUT2D eigenvalue weighted by Gasteiger charge is -2.15. The molecule has 0 amide bonds. The molecule has 1 unspecified atom stereocenters. The lowest BCUT2D eigenvalue weighted by Crippen LogP contribution is -2.28. The molecule has 1 N–H and O–H groups in total. The van der Waals surface area contributed by atoms with Gasteiger partial charge in [0.25, 0.3) is 0 Å². The van der Waals surface area contributed by atoms with Gasteiger partial charge in [-0.3, -0.25) is 9.59 Å². The molecule has 0 aliphatic heterocycles. The summed E-state index contributed by atoms with van der Waals surface area (Å²) in [6.45, 7) is 4.14. The number of unbranched alkanes of at least 4 members (excludes halogenated alkanes) is 27. The second-order valence-electron chi connectivity index (χ2n) is 15.1. The number of esters is 2. The Bertz CT molecular complexity index is 832. The molecule has 0 saturated heterocycles. The van der Waals surface area contributed by atoms with Gasteiger partial charge in [0.15, 0.2) is 6.10 Å². The van der Waals surface area contributed by atoms with Crippen LogP contribution in [0.15, 0.2) is 36.5 Å². The molecule has 0 radical (unpaired) electrons. The van der Waals surface area contributed by atoms with Gasteiger partial charge in [0.05, 0.1) is 6.61 Å². The summed E-state index contributed by atoms with van der Waals surface area (Å²) in [4.78, 5) is 24.3. The molecule has 0 rings (SSSR count). The van der Waals surface area contributed by atoms with Crippen molar-refractivity contribution in [3.8, 4) is 0 Å². The summed E-state index contributed by atoms with van der Waals surface area (Å²) in [5.74, 6) is -0.596. The number of hydrogen-bond donors (Lipinski definition) is 1. The Balaban J connectivity index is 3.54. The predicted molar refractivity (Wildman–Crippen MR) is 224 cm³/mol. The molecule has 5 nitrogen and oxygen atoms in total. The second-order valence-corrected chi connectivity index (χ2v) is 15.1. The molecule has 52 heavy (non-hydrogen) atoms. The molecule has 0 aromatic carbocycles. The highest BCUT2D eigenvalue weighted by Crippen LogP contribution is 2.15. The monoisotopic (exact) mass is 731 g/mol. The van der Waals surface area contributed by atoms with E-state index in [1.54, 1.807) is 0 Å². The van der Waals surface area contributed by atoms with Crippen LogP contribution in [0.3, 0.4) is 0 Å². The van der Waals surface area contributed by atoms with E-state index in [0.717, 1.165) is 57.8 Å². The Morgan fingerprint density at radius 1 is 0.442 bits per heavy atom. The van der Waals surface area contributed by atoms with E-state index in [0.29, 0.717) is 12.8 Å². The van der Waals surface area contributed by atoms with Crippen molar-refractivity contribution in [2.24, 2.45) is 0 Å². The van der Waals surface area contributed by atoms with Gasteiger partial charge in [-0.15, -0.1) is 0 Å². The molecule has 5 heteroatoms. The van der Waals surface area contributed by atoms with E-state index in [-0.39, 0.29) is 25.2 Å². The summed E-state index contributed by atoms with van der Waals surface area (Å²) in [5.41, 5.74) is 0. The minimum Gasteiger partial charge on any atom is -0.462 e. The first-order chi connectivity index (χ1) is 25.6. The van der Waals surface area contributed by atoms with Crippen LogP contribution in [-0.2, 0) is 19.1 Å². The van der Waals surface area contributed by atoms with Crippen molar-refractivity contribution in [1.82, 2.24) is 0 Å². The van der Waals surface area contributed by atoms with Crippen molar-refractivity contribution in [1.29, 1.82) is 0 Å². The van der Waals surface area contributed by atoms with Gasteiger partial charge in [-0.05, 0) is 51.4 Å². The summed E-state index contributed by atoms with van der Waals surface area (Å²) >= 11 is 0. The SMILES string of the molecule is CCCCCCC/C=C\C/C=C\C/C=C\CCCCCCCCC(=O)OC(CO)COC(=O)CCCCCCCCCCCCCCCCCCC. The molecule has 0 saturated carbocycles. The molecule has 0 aromatic rings. The van der Waals surface area contributed by atoms with Crippen LogP contribution >= 0.6 is 0 Å². The summed E-state index contributed by atoms with van der Waals surface area (Å²) < 4.78 is 10.6. The van der Waals surface area contributed by atoms with Crippen LogP contribution in [0.25, 0.3) is 0 Å². The summed E-state index contributed by atoms with van der Waals surface area (Å²) in [6, 6.07) is 0. The summed E-state index contributed by atoms with van der Waals surface area (Å²) in [5, 5.41) is 9.59. The Labute approximate surface area is 323 Å². The normalized spacial score (nSPS) is 12.4. The maximum Gasteiger partial charge on any atom is 0.306 e. The molecule has 0 spiro atoms. The third-order valence-corrected chi connectivity index (χ3v) is 9.94. The zero-order chi connectivity index (χ0) is 37.8. The first-order valence-corrected chi connectivity index (χ1v) is 22.5. The van der Waals surface area contributed by atoms with Crippen LogP contribution in [-0.4, -0.2) is 36.4 Å². The standard InChI is InChI=1S/C47H86O5/c1-3-5-7-9-11-13-15-17-19-21-22-23-24-26-28-30-32-34-36-38-40-42-47(50)52-45(43-48)44-51-46(49)41-39-37-35-33-31-29-27-25-20-18-16-14-12-10-8-6-4-2/h15,17,21-22,24,26,45,48H,3-14,16,18-20,23,25,27-44H2,1-2H3/b17-15-,22-21-,26-24-. The van der Waals surface area contributed by atoms with Gasteiger partial charge >= 0.3 is 11.9 Å². The average molecular weight is 731 g/mol. The topological polar surface area (TPSA) is 72.8 Å². The zero-order valence-electron chi connectivity index (χ0n) is 34.6. The molecule has 0 aliphatic carbocycles. The van der Waals surface area contributed by atoms with Crippen LogP contribution in [0.5, 0.6) is 0 Å². The van der Waals surface area contributed by atoms with Crippen molar-refractivity contribution >= 4 is 11.9 Å². The third-order valence-electron chi connectivity index (χ3n) is 9.94. The molecular formula is C47H86O5. The van der Waals surface area contributed by atoms with Crippen molar-refractivity contribution < 1.29 is 24.2 Å². The second kappa shape index (κ2) is 43.5. The highest BCUT2D eigenvalue weighted by atomic mass is 16.6. The van der Waals surface area contributed by atoms with E-state index in [4.69, 9.17) is 9.47 Å². The van der Waals surface area contributed by atoms with Gasteiger partial charge in [0.1, 0.15) is 6.61 Å². The van der Waals surface area contributed by atoms with Crippen LogP contribution in [0, 0.1) is 0 Å². The van der Waals surface area contributed by atoms with Gasteiger partial charge in [0, 0.05) is 12.8 Å². The molecule has 0 fully saturated rings. The molecule has 0 aliphatic rings. The number of aliphatic hydroxyl groups is 1. The van der Waals surface area contributed by atoms with Crippen LogP contribution in [0.4, 0.5) is 0 Å². The fourth-order valence-corrected chi connectivity index (χ4v) is 6.50. The van der Waals surface area contributed by atoms with E-state index >= 15 is 0 Å². The van der Waals surface area contributed by atoms with Gasteiger partial charge in [0.2, 0.25) is 0 Å². The minimum absolute atomic E-state index is 0.0680. The lowest BCUT2D eigenvalue weighted by atomic mass is 10.0. The molecule has 304 valence electrons. The number of carbonyl (C=O) groups excluding carboxylic acids is 2. The van der Waals surface area contributed by atoms with Crippen LogP contribution in [0.1, 0.15) is 232 Å². The Kier molecular flexibility index (Phi) is 42.0. The fourth-order valence-electron chi connectivity index (χ4n) is 6.50. The van der Waals surface area contributed by atoms with Crippen LogP contribution < -0.4 is 0 Å². The minimum atomic E-state index is -0.776. The van der Waals surface area contributed by atoms with E-state index in [2.05, 4.69) is 50.3 Å². The Morgan fingerprint density at radius 3 is 1.15 bits per heavy atom. The van der Waals surface area contributed by atoms with E-state index < -0.39 is 6.10 Å². The highest BCUT2D eigenvalue weighted by molar-refractivity contribution is 5.70. The number of rotatable bonds is 41. The quantitative estimate of drug-likeness (QED) is 0.0385. The van der Waals surface area contributed by atoms with E-state index in [1.807, 2.05) is 0 Å². The first-order valence-electron chi connectivity index (χ1n) is 22.5. The van der Waals surface area contributed by atoms with E-state index in [1.165, 1.54) is 148 Å². The third kappa shape index (κ3) is 40.9. The Hall–Kier alpha value is -1.88. The van der Waals surface area contributed by atoms with Crippen molar-refractivity contribution in [3.63, 3.8) is 0 Å². The highest BCUT2D eigenvalue weighted by Gasteiger charge is 2.16. The molecule has 1 atom stereocenters. The fraction of sp³-hybridized carbons (Fsp3) is 0.830. The van der Waals surface area contributed by atoms with E-state index in [9.17, 15) is 14.7 Å². The number of allylic oxidation sites excluding steroid dienone is 6. The van der Waals surface area contributed by atoms with Crippen molar-refractivity contribution in [2.45, 2.75) is 238 Å². The smallest absolute Gasteiger partial charge is 0.306 e. The molecule has 0 aromatic heterocycles. The van der Waals surface area contributed by atoms with Crippen LogP contribution in [0.2, 0.25) is 0 Å². The maximum atomic E-state index is 12.2. The maximum absolute atomic E-state index is 12.2. The summed E-state index contributed by atoms with van der Waals surface area (Å²) in [6.07, 6.45) is 53.6. The molecule has 0 bridgehead atoms. The van der Waals surface area contributed by atoms with Gasteiger partial charge in [-0.25, -0.2) is 0 Å². The largest absolute Gasteiger partial charge is 0.462 e. The number of carbonyl (C=O) groups is 2. The number of ether oxygens (including phenoxy) is 2. The summed E-state index contributed by atoms with van der Waals surface area (Å²) in [7, 11) is 0. The van der Waals surface area contributed by atoms with Gasteiger partial charge in [-0.2, -0.15) is 0 Å². The zero-order valence-corrected chi connectivity index (χ0v) is 34.6. The molecule has 0 heterocycles. The number of hydrogen-bond acceptors (Lipinski definition) is 5. The van der Waals surface area contributed by atoms with Crippen molar-refractivity contribution in [3.05, 3.63) is 36.5 Å². The molecular weight excluding hydrogens is 645 g/mol.